The molecule has 2 nitrogen and oxygen atoms in total. The summed E-state index contributed by atoms with van der Waals surface area (Å²) in [6.45, 7) is 1.89. The highest BCUT2D eigenvalue weighted by atomic mass is 35.5. The molecule has 86 valence electrons. The Kier molecular flexibility index (Phi) is 3.83. The summed E-state index contributed by atoms with van der Waals surface area (Å²) in [4.78, 5) is 13.8. The summed E-state index contributed by atoms with van der Waals surface area (Å²) in [5.74, 6) is 0.285. The lowest BCUT2D eigenvalue weighted by Crippen LogP contribution is -2.27. The number of benzene rings is 1. The Balaban J connectivity index is 1.82. The van der Waals surface area contributed by atoms with E-state index in [-0.39, 0.29) is 5.91 Å². The molecule has 0 unspecified atom stereocenters. The van der Waals surface area contributed by atoms with Crippen LogP contribution in [0.5, 0.6) is 0 Å². The second-order valence-electron chi connectivity index (χ2n) is 4.21. The fraction of sp³-hybridized carbons (Fsp3) is 0.462. The molecule has 0 N–H and O–H groups in total. The number of nitrogens with zero attached hydrogens (tertiary/aromatic N) is 1. The standard InChI is InChI=1S/C13H16ClNO/c14-12-6-3-11(4-7-12)5-8-13(16)15-9-1-2-10-15/h3-4,6-7H,1-2,5,8-10H2. The average molecular weight is 238 g/mol. The fourth-order valence-electron chi connectivity index (χ4n) is 2.03. The molecule has 1 saturated heterocycles. The number of amides is 1. The minimum Gasteiger partial charge on any atom is -0.343 e. The first kappa shape index (κ1) is 11.5. The number of carbonyl (C=O) groups is 1. The van der Waals surface area contributed by atoms with Crippen molar-refractivity contribution < 1.29 is 4.79 Å². The molecule has 2 rings (SSSR count). The lowest BCUT2D eigenvalue weighted by Gasteiger charge is -2.14. The SMILES string of the molecule is O=C(CCc1ccc(Cl)cc1)N1CCCC1. The van der Waals surface area contributed by atoms with Crippen molar-refractivity contribution >= 4 is 17.5 Å². The highest BCUT2D eigenvalue weighted by Gasteiger charge is 2.17. The largest absolute Gasteiger partial charge is 0.343 e. The van der Waals surface area contributed by atoms with Crippen molar-refractivity contribution in [3.63, 3.8) is 0 Å². The smallest absolute Gasteiger partial charge is 0.222 e. The van der Waals surface area contributed by atoms with Gasteiger partial charge in [-0.1, -0.05) is 23.7 Å². The van der Waals surface area contributed by atoms with Crippen LogP contribution in [0.2, 0.25) is 5.02 Å². The average Bonchev–Trinajstić information content (AvgIpc) is 2.81. The minimum absolute atomic E-state index is 0.285. The third-order valence-corrected chi connectivity index (χ3v) is 3.25. The molecule has 0 atom stereocenters. The van der Waals surface area contributed by atoms with Crippen LogP contribution in [0.4, 0.5) is 0 Å². The van der Waals surface area contributed by atoms with E-state index in [1.807, 2.05) is 29.2 Å². The first-order chi connectivity index (χ1) is 7.75. The van der Waals surface area contributed by atoms with E-state index in [2.05, 4.69) is 0 Å². The van der Waals surface area contributed by atoms with Gasteiger partial charge < -0.3 is 4.90 Å². The van der Waals surface area contributed by atoms with Crippen LogP contribution in [0.3, 0.4) is 0 Å². The zero-order chi connectivity index (χ0) is 11.4. The summed E-state index contributed by atoms with van der Waals surface area (Å²) in [7, 11) is 0. The Morgan fingerprint density at radius 2 is 1.81 bits per heavy atom. The molecule has 1 heterocycles. The number of rotatable bonds is 3. The Labute approximate surface area is 101 Å². The Hall–Kier alpha value is -1.02. The summed E-state index contributed by atoms with van der Waals surface area (Å²) in [6, 6.07) is 7.72. The predicted molar refractivity (Wildman–Crippen MR) is 65.6 cm³/mol. The number of hydrogen-bond donors (Lipinski definition) is 0. The molecule has 0 aliphatic carbocycles. The summed E-state index contributed by atoms with van der Waals surface area (Å²) in [6.07, 6.45) is 3.74. The van der Waals surface area contributed by atoms with Crippen LogP contribution in [0.25, 0.3) is 0 Å². The van der Waals surface area contributed by atoms with Gasteiger partial charge in [0, 0.05) is 24.5 Å². The maximum Gasteiger partial charge on any atom is 0.222 e. The van der Waals surface area contributed by atoms with Gasteiger partial charge in [-0.2, -0.15) is 0 Å². The summed E-state index contributed by atoms with van der Waals surface area (Å²) in [5, 5.41) is 0.745. The van der Waals surface area contributed by atoms with Gasteiger partial charge in [0.15, 0.2) is 0 Å². The van der Waals surface area contributed by atoms with Gasteiger partial charge in [-0.05, 0) is 37.0 Å². The lowest BCUT2D eigenvalue weighted by molar-refractivity contribution is -0.130. The van der Waals surface area contributed by atoms with Gasteiger partial charge in [-0.3, -0.25) is 4.79 Å². The summed E-state index contributed by atoms with van der Waals surface area (Å²) in [5.41, 5.74) is 1.18. The maximum atomic E-state index is 11.8. The molecule has 3 heteroatoms. The van der Waals surface area contributed by atoms with E-state index in [9.17, 15) is 4.79 Å². The molecule has 0 radical (unpaired) electrons. The van der Waals surface area contributed by atoms with Crippen LogP contribution < -0.4 is 0 Å². The second kappa shape index (κ2) is 5.35. The molecule has 1 aliphatic rings. The Bertz CT molecular complexity index is 355. The highest BCUT2D eigenvalue weighted by Crippen LogP contribution is 2.13. The van der Waals surface area contributed by atoms with E-state index < -0.39 is 0 Å². The number of hydrogen-bond acceptors (Lipinski definition) is 1. The fourth-order valence-corrected chi connectivity index (χ4v) is 2.15. The van der Waals surface area contributed by atoms with E-state index in [0.717, 1.165) is 37.4 Å². The van der Waals surface area contributed by atoms with Crippen molar-refractivity contribution in [3.05, 3.63) is 34.9 Å². The van der Waals surface area contributed by atoms with Crippen LogP contribution in [0.1, 0.15) is 24.8 Å². The van der Waals surface area contributed by atoms with Gasteiger partial charge in [0.05, 0.1) is 0 Å². The van der Waals surface area contributed by atoms with Gasteiger partial charge in [0.1, 0.15) is 0 Å². The predicted octanol–water partition coefficient (Wildman–Crippen LogP) is 2.90. The molecule has 1 aromatic carbocycles. The number of halogens is 1. The van der Waals surface area contributed by atoms with Crippen molar-refractivity contribution in [1.82, 2.24) is 4.90 Å². The quantitative estimate of drug-likeness (QED) is 0.792. The van der Waals surface area contributed by atoms with Crippen molar-refractivity contribution in [3.8, 4) is 0 Å². The third-order valence-electron chi connectivity index (χ3n) is 3.00. The van der Waals surface area contributed by atoms with Gasteiger partial charge in [-0.25, -0.2) is 0 Å². The van der Waals surface area contributed by atoms with Crippen LogP contribution >= 0.6 is 11.6 Å². The molecule has 16 heavy (non-hydrogen) atoms. The number of likely N-dealkylation sites (tertiary alicyclic amines) is 1. The molecule has 1 fully saturated rings. The zero-order valence-corrected chi connectivity index (χ0v) is 10.0. The Morgan fingerprint density at radius 1 is 1.19 bits per heavy atom. The molecule has 1 aliphatic heterocycles. The number of aryl methyl sites for hydroxylation is 1. The van der Waals surface area contributed by atoms with Gasteiger partial charge >= 0.3 is 0 Å². The van der Waals surface area contributed by atoms with Crippen molar-refractivity contribution in [2.24, 2.45) is 0 Å². The first-order valence-corrected chi connectivity index (χ1v) is 6.16. The summed E-state index contributed by atoms with van der Waals surface area (Å²) < 4.78 is 0. The molecule has 1 aromatic rings. The van der Waals surface area contributed by atoms with Gasteiger partial charge in [-0.15, -0.1) is 0 Å². The van der Waals surface area contributed by atoms with Crippen molar-refractivity contribution in [2.75, 3.05) is 13.1 Å². The van der Waals surface area contributed by atoms with Crippen LogP contribution in [0, 0.1) is 0 Å². The van der Waals surface area contributed by atoms with E-state index in [1.165, 1.54) is 5.56 Å². The normalized spacial score (nSPS) is 15.4. The molecule has 0 aromatic heterocycles. The van der Waals surface area contributed by atoms with E-state index in [4.69, 9.17) is 11.6 Å². The molecule has 0 saturated carbocycles. The van der Waals surface area contributed by atoms with Gasteiger partial charge in [0.2, 0.25) is 5.91 Å². The molecular weight excluding hydrogens is 222 g/mol. The van der Waals surface area contributed by atoms with E-state index >= 15 is 0 Å². The van der Waals surface area contributed by atoms with Crippen LogP contribution in [0.15, 0.2) is 24.3 Å². The maximum absolute atomic E-state index is 11.8. The Morgan fingerprint density at radius 3 is 2.44 bits per heavy atom. The second-order valence-corrected chi connectivity index (χ2v) is 4.65. The van der Waals surface area contributed by atoms with Crippen molar-refractivity contribution in [2.45, 2.75) is 25.7 Å². The molecule has 0 bridgehead atoms. The van der Waals surface area contributed by atoms with Crippen molar-refractivity contribution in [1.29, 1.82) is 0 Å². The molecular formula is C13H16ClNO. The van der Waals surface area contributed by atoms with Crippen LogP contribution in [-0.4, -0.2) is 23.9 Å². The zero-order valence-electron chi connectivity index (χ0n) is 9.29. The van der Waals surface area contributed by atoms with E-state index in [0.29, 0.717) is 6.42 Å². The highest BCUT2D eigenvalue weighted by molar-refractivity contribution is 6.30. The van der Waals surface area contributed by atoms with Gasteiger partial charge in [0.25, 0.3) is 0 Å². The van der Waals surface area contributed by atoms with Crippen LogP contribution in [-0.2, 0) is 11.2 Å². The first-order valence-electron chi connectivity index (χ1n) is 5.78. The van der Waals surface area contributed by atoms with E-state index in [1.54, 1.807) is 0 Å². The number of carbonyl (C=O) groups excluding carboxylic acids is 1. The summed E-state index contributed by atoms with van der Waals surface area (Å²) >= 11 is 5.80. The molecule has 1 amide bonds. The topological polar surface area (TPSA) is 20.3 Å². The molecule has 0 spiro atoms. The minimum atomic E-state index is 0.285. The lowest BCUT2D eigenvalue weighted by atomic mass is 10.1. The monoisotopic (exact) mass is 237 g/mol. The third kappa shape index (κ3) is 2.99.